The van der Waals surface area contributed by atoms with Crippen LogP contribution in [-0.2, 0) is 66.7 Å². The second kappa shape index (κ2) is 44.2. The first-order chi connectivity index (χ1) is 62.8. The van der Waals surface area contributed by atoms with Gasteiger partial charge in [0.2, 0.25) is 0 Å². The third kappa shape index (κ3) is 23.8. The number of fused-ring (bicyclic) bond motifs is 21. The molecular formula is C120H206O14. The van der Waals surface area contributed by atoms with Crippen LogP contribution in [-0.4, -0.2) is 81.0 Å². The third-order valence-electron chi connectivity index (χ3n) is 42.9. The van der Waals surface area contributed by atoms with Crippen molar-refractivity contribution >= 4 is 41.8 Å². The highest BCUT2D eigenvalue weighted by atomic mass is 16.6. The van der Waals surface area contributed by atoms with Crippen molar-refractivity contribution in [3.05, 3.63) is 0 Å². The highest BCUT2D eigenvalue weighted by molar-refractivity contribution is 5.79. The number of carbonyl (C=O) groups is 7. The number of rotatable bonds is 27. The Kier molecular flexibility index (Phi) is 36.5. The number of esters is 7. The molecular weight excluding hydrogens is 1670 g/mol. The zero-order chi connectivity index (χ0) is 98.7. The lowest BCUT2D eigenvalue weighted by Crippen LogP contribution is -2.49. The molecule has 0 saturated heterocycles. The van der Waals surface area contributed by atoms with Crippen molar-refractivity contribution in [2.75, 3.05) is 0 Å². The van der Waals surface area contributed by atoms with Crippen molar-refractivity contribution in [1.82, 2.24) is 0 Å². The lowest BCUT2D eigenvalue weighted by Gasteiger charge is -2.48. The molecule has 0 aliphatic heterocycles. The van der Waals surface area contributed by atoms with Gasteiger partial charge in [-0.2, -0.15) is 0 Å². The third-order valence-corrected chi connectivity index (χ3v) is 42.9. The summed E-state index contributed by atoms with van der Waals surface area (Å²) < 4.78 is 42.5. The van der Waals surface area contributed by atoms with E-state index in [1.807, 2.05) is 96.9 Å². The van der Waals surface area contributed by atoms with Gasteiger partial charge in [-0.15, -0.1) is 0 Å². The Balaban J connectivity index is 0.000000151. The summed E-state index contributed by atoms with van der Waals surface area (Å²) in [7, 11) is 0. The van der Waals surface area contributed by atoms with Crippen LogP contribution in [0.1, 0.15) is 509 Å². The summed E-state index contributed by atoms with van der Waals surface area (Å²) in [6.45, 7) is 60.6. The predicted molar refractivity (Wildman–Crippen MR) is 543 cm³/mol. The highest BCUT2D eigenvalue weighted by Crippen LogP contribution is 2.72. The van der Waals surface area contributed by atoms with Crippen molar-refractivity contribution < 1.29 is 66.7 Å². The smallest absolute Gasteiger partial charge is 0.312 e. The summed E-state index contributed by atoms with van der Waals surface area (Å²) in [5.74, 6) is 16.4. The maximum atomic E-state index is 12.8. The summed E-state index contributed by atoms with van der Waals surface area (Å²) in [5.41, 5.74) is -2.66. The molecule has 14 nitrogen and oxygen atoms in total. The van der Waals surface area contributed by atoms with E-state index in [4.69, 9.17) is 33.2 Å². The molecule has 0 amide bonds. The molecule has 0 heterocycles. The van der Waals surface area contributed by atoms with Crippen LogP contribution in [0.5, 0.6) is 0 Å². The van der Waals surface area contributed by atoms with Crippen molar-refractivity contribution in [3.63, 3.8) is 0 Å². The molecule has 26 atom stereocenters. The zero-order valence-corrected chi connectivity index (χ0v) is 91.9. The first kappa shape index (κ1) is 111. The van der Waals surface area contributed by atoms with Gasteiger partial charge < -0.3 is 33.2 Å². The summed E-state index contributed by atoms with van der Waals surface area (Å²) in [4.78, 5) is 86.6. The Bertz CT molecular complexity index is 3840. The Morgan fingerprint density at radius 3 is 1.31 bits per heavy atom. The largest absolute Gasteiger partial charge is 0.459 e. The molecule has 17 aliphatic rings. The van der Waals surface area contributed by atoms with Gasteiger partial charge in [0.1, 0.15) is 39.2 Å². The molecule has 17 aliphatic carbocycles. The van der Waals surface area contributed by atoms with Crippen LogP contribution in [0.4, 0.5) is 0 Å². The minimum atomic E-state index is -0.357. The fourth-order valence-corrected chi connectivity index (χ4v) is 31.5. The zero-order valence-electron chi connectivity index (χ0n) is 91.9. The molecule has 14 heteroatoms. The standard InChI is InChI=1S/C20H32O2.C20H36O2.C17H28O2.C17H30O2.C16H28O2.2C15H26O2/c1-4-8-20(22-19(21)12(3)5-2)11-15-10-16(20)18-14-7-6-13(9-14)17(15)18;1-5-19(2,3)18(21)22-20(4,16-12-8-6-9-13-16)17-14-10-7-11-15-17;1-5-16(2,3)15(18)19-17(4)10-11-9-14(17)13-8-6-7-12(11)13;1-5-16(2,3)15(18)19-17(4)12-8-10-13-9-6-7-11-14(13)17;1-6-15(2,3)14(17)18-16(4,5)13-10-11-7-8-12(13)9-11;1-6-10(2)13(16)17-15(5)9-11-7-8-12(15)14(11,3)4;1-5-14(3,4)13(16)17-15(6-2)10-11-7-8-12(15)9-11/h12-18H,4-11H2,1-3H3;16-17H,5-15H2,1-4H3;11-14H,5-10H2,1-4H3;13-14H,5-12H2,1-4H3;11-13H,6-10H2,1-5H3;10-12H,6-9H2,1-5H3;11-12H,5-10H2,1-4H3. The molecule has 0 N–H and O–H groups in total. The van der Waals surface area contributed by atoms with Gasteiger partial charge in [0.05, 0.1) is 38.9 Å². The van der Waals surface area contributed by atoms with E-state index in [2.05, 4.69) is 104 Å². The Hall–Kier alpha value is -3.71. The van der Waals surface area contributed by atoms with Crippen LogP contribution < -0.4 is 0 Å². The van der Waals surface area contributed by atoms with E-state index < -0.39 is 0 Å². The van der Waals surface area contributed by atoms with Gasteiger partial charge in [0.15, 0.2) is 0 Å². The minimum absolute atomic E-state index is 0.00153. The molecule has 17 rings (SSSR count). The summed E-state index contributed by atoms with van der Waals surface area (Å²) in [6, 6.07) is 0. The fourth-order valence-electron chi connectivity index (χ4n) is 31.5. The van der Waals surface area contributed by atoms with E-state index in [9.17, 15) is 33.6 Å². The average molecular weight is 1870 g/mol. The van der Waals surface area contributed by atoms with Crippen LogP contribution in [0.25, 0.3) is 0 Å². The summed E-state index contributed by atoms with van der Waals surface area (Å²) in [5, 5.41) is 0. The van der Waals surface area contributed by atoms with Crippen LogP contribution in [0, 0.1) is 169 Å². The van der Waals surface area contributed by atoms with Gasteiger partial charge in [-0.1, -0.05) is 167 Å². The van der Waals surface area contributed by atoms with E-state index in [-0.39, 0.29) is 120 Å². The van der Waals surface area contributed by atoms with Crippen molar-refractivity contribution in [3.8, 4) is 0 Å². The van der Waals surface area contributed by atoms with Gasteiger partial charge in [0, 0.05) is 29.6 Å². The molecule has 770 valence electrons. The Morgan fingerprint density at radius 2 is 0.821 bits per heavy atom. The van der Waals surface area contributed by atoms with Crippen molar-refractivity contribution in [2.45, 2.75) is 548 Å². The highest BCUT2D eigenvalue weighted by Gasteiger charge is 2.69. The van der Waals surface area contributed by atoms with Crippen molar-refractivity contribution in [2.24, 2.45) is 169 Å². The average Bonchev–Trinajstić information content (AvgIpc) is 1.53. The fraction of sp³-hybridized carbons (Fsp3) is 0.942. The first-order valence-corrected chi connectivity index (χ1v) is 57.4. The molecule has 26 unspecified atom stereocenters. The number of hydrogen-bond donors (Lipinski definition) is 0. The number of ether oxygens (including phenoxy) is 7. The predicted octanol–water partition coefficient (Wildman–Crippen LogP) is 31.5. The van der Waals surface area contributed by atoms with E-state index in [0.717, 1.165) is 167 Å². The summed E-state index contributed by atoms with van der Waals surface area (Å²) >= 11 is 0. The molecule has 17 fully saturated rings. The molecule has 12 bridgehead atoms. The SMILES string of the molecule is CCC(C)(C)C(=O)OC(C)(C)C1CC2CCC1C2.CCC(C)(C)C(=O)OC(C)(C1CCCCC1)C1CCCCC1.CCC(C)(C)C(=O)OC1(C)CC2CC1C1CCCC21.CCC(C)(C)C(=O)OC1(C)CCCC2CCCCC21.CCC(C)(C)C(=O)OC1(CC)CC2CCC1C2.CCC(C)C(=O)OC1(C)CC2CCC1C2(C)C.CCCC1(OC(=O)C(C)CC)CC2CC1C1C3CCC(C3)C21. The van der Waals surface area contributed by atoms with Gasteiger partial charge in [-0.05, 0) is 442 Å². The molecule has 0 spiro atoms. The van der Waals surface area contributed by atoms with Gasteiger partial charge in [0.25, 0.3) is 0 Å². The normalized spacial score (nSPS) is 37.1. The Morgan fingerprint density at radius 1 is 0.336 bits per heavy atom. The first-order valence-electron chi connectivity index (χ1n) is 57.4. The van der Waals surface area contributed by atoms with E-state index in [1.165, 1.54) is 218 Å². The second-order valence-electron chi connectivity index (χ2n) is 53.8. The van der Waals surface area contributed by atoms with Gasteiger partial charge in [-0.3, -0.25) is 33.6 Å². The van der Waals surface area contributed by atoms with Gasteiger partial charge >= 0.3 is 41.8 Å². The van der Waals surface area contributed by atoms with Crippen LogP contribution in [0.2, 0.25) is 0 Å². The lowest BCUT2D eigenvalue weighted by atomic mass is 9.63. The van der Waals surface area contributed by atoms with E-state index >= 15 is 0 Å². The molecule has 0 aromatic heterocycles. The molecule has 0 radical (unpaired) electrons. The molecule has 0 aromatic carbocycles. The monoisotopic (exact) mass is 1870 g/mol. The maximum Gasteiger partial charge on any atom is 0.312 e. The van der Waals surface area contributed by atoms with Gasteiger partial charge in [-0.25, -0.2) is 0 Å². The second-order valence-corrected chi connectivity index (χ2v) is 53.8. The topological polar surface area (TPSA) is 184 Å². The molecule has 0 aromatic rings. The molecule has 134 heavy (non-hydrogen) atoms. The number of carbonyl (C=O) groups excluding carboxylic acids is 7. The number of hydrogen-bond acceptors (Lipinski definition) is 14. The van der Waals surface area contributed by atoms with Crippen LogP contribution in [0.3, 0.4) is 0 Å². The molecule has 17 saturated carbocycles. The Labute approximate surface area is 820 Å². The minimum Gasteiger partial charge on any atom is -0.459 e. The quantitative estimate of drug-likeness (QED) is 0.0430. The summed E-state index contributed by atoms with van der Waals surface area (Å²) in [6.07, 6.45) is 58.6. The van der Waals surface area contributed by atoms with Crippen LogP contribution in [0.15, 0.2) is 0 Å². The van der Waals surface area contributed by atoms with E-state index in [1.54, 1.807) is 0 Å². The maximum absolute atomic E-state index is 12.8. The van der Waals surface area contributed by atoms with Crippen LogP contribution >= 0.6 is 0 Å². The van der Waals surface area contributed by atoms with Crippen molar-refractivity contribution in [1.29, 1.82) is 0 Å². The van der Waals surface area contributed by atoms with E-state index in [0.29, 0.717) is 52.8 Å². The lowest BCUT2D eigenvalue weighted by molar-refractivity contribution is -0.187.